The summed E-state index contributed by atoms with van der Waals surface area (Å²) < 4.78 is 5.75. The lowest BCUT2D eigenvalue weighted by molar-refractivity contribution is 0.0774. The Hall–Kier alpha value is -0.490. The largest absolute Gasteiger partial charge is 0.378 e. The van der Waals surface area contributed by atoms with Crippen LogP contribution in [0, 0.1) is 19.8 Å². The van der Waals surface area contributed by atoms with E-state index in [0.717, 1.165) is 31.6 Å². The molecule has 0 saturated carbocycles. The molecule has 0 spiro atoms. The maximum atomic E-state index is 5.75. The Labute approximate surface area is 113 Å². The van der Waals surface area contributed by atoms with Crippen molar-refractivity contribution in [2.45, 2.75) is 52.2 Å². The summed E-state index contributed by atoms with van der Waals surface area (Å²) in [5, 5.41) is 1.18. The lowest BCUT2D eigenvalue weighted by atomic mass is 9.90. The molecule has 1 aliphatic rings. The third-order valence-corrected chi connectivity index (χ3v) is 4.96. The van der Waals surface area contributed by atoms with Crippen molar-refractivity contribution in [3.8, 4) is 0 Å². The maximum absolute atomic E-state index is 5.75. The molecule has 0 radical (unpaired) electrons. The van der Waals surface area contributed by atoms with Gasteiger partial charge in [-0.2, -0.15) is 0 Å². The third-order valence-electron chi connectivity index (χ3n) is 3.86. The summed E-state index contributed by atoms with van der Waals surface area (Å²) in [6, 6.07) is 0.266. The average Bonchev–Trinajstić information content (AvgIpc) is 2.94. The van der Waals surface area contributed by atoms with Crippen LogP contribution in [-0.4, -0.2) is 23.7 Å². The van der Waals surface area contributed by atoms with Crippen molar-refractivity contribution in [3.63, 3.8) is 0 Å². The van der Waals surface area contributed by atoms with Gasteiger partial charge in [0.15, 0.2) is 0 Å². The number of hydrogen-bond donors (Lipinski definition) is 2. The number of hydrazine groups is 1. The Morgan fingerprint density at radius 2 is 2.33 bits per heavy atom. The van der Waals surface area contributed by atoms with Gasteiger partial charge >= 0.3 is 0 Å². The molecule has 3 atom stereocenters. The van der Waals surface area contributed by atoms with Crippen molar-refractivity contribution in [1.29, 1.82) is 0 Å². The number of ether oxygens (including phenoxy) is 1. The molecule has 0 amide bonds. The number of aryl methyl sites for hydroxylation is 2. The van der Waals surface area contributed by atoms with Crippen LogP contribution in [-0.2, 0) is 11.2 Å². The fourth-order valence-corrected chi connectivity index (χ4v) is 3.69. The second-order valence-electron chi connectivity index (χ2n) is 5.00. The summed E-state index contributed by atoms with van der Waals surface area (Å²) in [5.41, 5.74) is 4.11. The minimum absolute atomic E-state index is 0.266. The van der Waals surface area contributed by atoms with E-state index in [1.807, 2.05) is 0 Å². The predicted octanol–water partition coefficient (Wildman–Crippen LogP) is 1.95. The summed E-state index contributed by atoms with van der Waals surface area (Å²) >= 11 is 1.78. The smallest absolute Gasteiger partial charge is 0.0947 e. The topological polar surface area (TPSA) is 60.2 Å². The van der Waals surface area contributed by atoms with Crippen LogP contribution in [0.5, 0.6) is 0 Å². The predicted molar refractivity (Wildman–Crippen MR) is 74.5 cm³/mol. The fourth-order valence-electron chi connectivity index (χ4n) is 2.69. The van der Waals surface area contributed by atoms with E-state index in [1.54, 1.807) is 11.3 Å². The molecule has 5 heteroatoms. The van der Waals surface area contributed by atoms with E-state index in [2.05, 4.69) is 31.2 Å². The maximum Gasteiger partial charge on any atom is 0.0947 e. The second kappa shape index (κ2) is 6.10. The molecular weight excluding hydrogens is 246 g/mol. The van der Waals surface area contributed by atoms with Gasteiger partial charge in [-0.3, -0.25) is 11.3 Å². The zero-order chi connectivity index (χ0) is 13.1. The normalized spacial score (nSPS) is 25.6. The highest BCUT2D eigenvalue weighted by atomic mass is 32.1. The number of rotatable bonds is 5. The first-order valence-corrected chi connectivity index (χ1v) is 7.48. The molecule has 0 bridgehead atoms. The third kappa shape index (κ3) is 2.91. The van der Waals surface area contributed by atoms with Crippen LogP contribution in [0.3, 0.4) is 0 Å². The Bertz CT molecular complexity index is 374. The first-order valence-electron chi connectivity index (χ1n) is 6.66. The number of aromatic nitrogens is 1. The van der Waals surface area contributed by atoms with Crippen LogP contribution in [0.1, 0.15) is 35.3 Å². The number of thiazole rings is 1. The van der Waals surface area contributed by atoms with Gasteiger partial charge < -0.3 is 4.74 Å². The van der Waals surface area contributed by atoms with Gasteiger partial charge in [-0.15, -0.1) is 11.3 Å². The van der Waals surface area contributed by atoms with E-state index in [9.17, 15) is 0 Å². The first-order chi connectivity index (χ1) is 8.65. The molecule has 2 rings (SSSR count). The van der Waals surface area contributed by atoms with Crippen LogP contribution in [0.4, 0.5) is 0 Å². The Morgan fingerprint density at radius 3 is 2.89 bits per heavy atom. The van der Waals surface area contributed by atoms with Gasteiger partial charge in [0.1, 0.15) is 0 Å². The summed E-state index contributed by atoms with van der Waals surface area (Å²) in [4.78, 5) is 5.90. The first kappa shape index (κ1) is 13.9. The molecular formula is C13H23N3OS. The van der Waals surface area contributed by atoms with E-state index in [1.165, 1.54) is 9.88 Å². The van der Waals surface area contributed by atoms with Gasteiger partial charge in [-0.05, 0) is 26.7 Å². The fraction of sp³-hybridized carbons (Fsp3) is 0.769. The molecule has 1 aromatic rings. The highest BCUT2D eigenvalue weighted by molar-refractivity contribution is 7.11. The van der Waals surface area contributed by atoms with Crippen molar-refractivity contribution >= 4 is 11.3 Å². The molecule has 102 valence electrons. The Balaban J connectivity index is 2.04. The lowest BCUT2D eigenvalue weighted by Gasteiger charge is -2.25. The van der Waals surface area contributed by atoms with Crippen molar-refractivity contribution in [3.05, 3.63) is 15.6 Å². The van der Waals surface area contributed by atoms with E-state index >= 15 is 0 Å². The lowest BCUT2D eigenvalue weighted by Crippen LogP contribution is -2.45. The molecule has 0 aromatic carbocycles. The average molecular weight is 269 g/mol. The molecule has 2 heterocycles. The number of hydrogen-bond acceptors (Lipinski definition) is 5. The SMILES string of the molecule is CCC1OCCC1C(Cc1nc(C)c(C)s1)NN. The highest BCUT2D eigenvalue weighted by Gasteiger charge is 2.33. The minimum atomic E-state index is 0.266. The van der Waals surface area contributed by atoms with Gasteiger partial charge in [-0.1, -0.05) is 6.92 Å². The molecule has 0 aliphatic carbocycles. The molecule has 1 aliphatic heterocycles. The molecule has 3 N–H and O–H groups in total. The standard InChI is InChI=1S/C13H23N3OS/c1-4-12-10(5-6-17-12)11(16-14)7-13-15-8(2)9(3)18-13/h10-12,16H,4-7,14H2,1-3H3. The van der Waals surface area contributed by atoms with Gasteiger partial charge in [0.05, 0.1) is 16.8 Å². The van der Waals surface area contributed by atoms with Gasteiger partial charge in [0.2, 0.25) is 0 Å². The molecule has 1 aromatic heterocycles. The number of nitrogens with zero attached hydrogens (tertiary/aromatic N) is 1. The zero-order valence-electron chi connectivity index (χ0n) is 11.4. The monoisotopic (exact) mass is 269 g/mol. The summed E-state index contributed by atoms with van der Waals surface area (Å²) in [7, 11) is 0. The van der Waals surface area contributed by atoms with Crippen molar-refractivity contribution < 1.29 is 4.74 Å². The van der Waals surface area contributed by atoms with Gasteiger partial charge in [0, 0.05) is 29.9 Å². The number of nitrogens with two attached hydrogens (primary N) is 1. The van der Waals surface area contributed by atoms with Crippen molar-refractivity contribution in [1.82, 2.24) is 10.4 Å². The molecule has 1 fully saturated rings. The number of nitrogens with one attached hydrogen (secondary N) is 1. The summed E-state index contributed by atoms with van der Waals surface area (Å²) in [6.07, 6.45) is 3.39. The summed E-state index contributed by atoms with van der Waals surface area (Å²) in [5.74, 6) is 6.24. The van der Waals surface area contributed by atoms with E-state index in [0.29, 0.717) is 12.0 Å². The quantitative estimate of drug-likeness (QED) is 0.633. The highest BCUT2D eigenvalue weighted by Crippen LogP contribution is 2.29. The minimum Gasteiger partial charge on any atom is -0.378 e. The van der Waals surface area contributed by atoms with Gasteiger partial charge in [-0.25, -0.2) is 4.98 Å². The van der Waals surface area contributed by atoms with Crippen molar-refractivity contribution in [2.24, 2.45) is 11.8 Å². The van der Waals surface area contributed by atoms with Crippen molar-refractivity contribution in [2.75, 3.05) is 6.61 Å². The van der Waals surface area contributed by atoms with Crippen LogP contribution in [0.15, 0.2) is 0 Å². The van der Waals surface area contributed by atoms with E-state index in [4.69, 9.17) is 10.6 Å². The van der Waals surface area contributed by atoms with E-state index in [-0.39, 0.29) is 6.04 Å². The van der Waals surface area contributed by atoms with Gasteiger partial charge in [0.25, 0.3) is 0 Å². The summed E-state index contributed by atoms with van der Waals surface area (Å²) in [6.45, 7) is 7.22. The van der Waals surface area contributed by atoms with Crippen LogP contribution in [0.2, 0.25) is 0 Å². The molecule has 4 nitrogen and oxygen atoms in total. The molecule has 1 saturated heterocycles. The molecule has 3 unspecified atom stereocenters. The Morgan fingerprint density at radius 1 is 1.56 bits per heavy atom. The van der Waals surface area contributed by atoms with E-state index < -0.39 is 0 Å². The van der Waals surface area contributed by atoms with Crippen LogP contribution < -0.4 is 11.3 Å². The van der Waals surface area contributed by atoms with Crippen LogP contribution in [0.25, 0.3) is 0 Å². The molecule has 18 heavy (non-hydrogen) atoms. The zero-order valence-corrected chi connectivity index (χ0v) is 12.2. The second-order valence-corrected chi connectivity index (χ2v) is 6.28. The Kier molecular flexibility index (Phi) is 4.72. The van der Waals surface area contributed by atoms with Crippen LogP contribution >= 0.6 is 11.3 Å².